The molecule has 1 amide bonds. The molecule has 1 aromatic carbocycles. The van der Waals surface area contributed by atoms with Gasteiger partial charge in [0.2, 0.25) is 0 Å². The molecular weight excluding hydrogens is 479 g/mol. The first-order valence-electron chi connectivity index (χ1n) is 14.2. The molecule has 2 saturated heterocycles. The van der Waals surface area contributed by atoms with Crippen LogP contribution in [0, 0.1) is 5.82 Å². The Hall–Kier alpha value is -2.68. The van der Waals surface area contributed by atoms with Gasteiger partial charge < -0.3 is 30.3 Å². The van der Waals surface area contributed by atoms with Crippen LogP contribution in [0.1, 0.15) is 61.4 Å². The lowest BCUT2D eigenvalue weighted by Crippen LogP contribution is -2.44. The van der Waals surface area contributed by atoms with Crippen molar-refractivity contribution in [3.63, 3.8) is 0 Å². The van der Waals surface area contributed by atoms with Crippen molar-refractivity contribution in [3.8, 4) is 5.69 Å². The quantitative estimate of drug-likeness (QED) is 0.581. The van der Waals surface area contributed by atoms with Gasteiger partial charge in [-0.2, -0.15) is 0 Å². The monoisotopic (exact) mass is 522 g/mol. The second kappa shape index (κ2) is 11.6. The Balaban J connectivity index is 1.36. The molecule has 206 valence electrons. The maximum atomic E-state index is 14.3. The fourth-order valence-electron chi connectivity index (χ4n) is 6.01. The second-order valence-electron chi connectivity index (χ2n) is 11.5. The van der Waals surface area contributed by atoms with E-state index in [4.69, 9.17) is 5.73 Å². The first-order valence-corrected chi connectivity index (χ1v) is 14.2. The number of piperidine rings is 2. The molecular formula is C30H43FN6O. The normalized spacial score (nSPS) is 19.5. The predicted molar refractivity (Wildman–Crippen MR) is 151 cm³/mol. The average molecular weight is 523 g/mol. The number of nitrogens with zero attached hydrogens (tertiary/aromatic N) is 4. The van der Waals surface area contributed by atoms with Crippen molar-refractivity contribution in [2.75, 3.05) is 52.9 Å². The molecule has 0 bridgehead atoms. The molecule has 1 aromatic heterocycles. The molecule has 0 spiro atoms. The van der Waals surface area contributed by atoms with E-state index < -0.39 is 5.82 Å². The van der Waals surface area contributed by atoms with E-state index in [1.54, 1.807) is 18.0 Å². The van der Waals surface area contributed by atoms with Crippen LogP contribution in [0.4, 0.5) is 4.39 Å². The van der Waals surface area contributed by atoms with Crippen molar-refractivity contribution in [3.05, 3.63) is 51.9 Å². The molecule has 38 heavy (non-hydrogen) atoms. The van der Waals surface area contributed by atoms with Crippen molar-refractivity contribution in [1.82, 2.24) is 24.6 Å². The first-order chi connectivity index (χ1) is 18.3. The minimum Gasteiger partial charge on any atom is -0.386 e. The second-order valence-corrected chi connectivity index (χ2v) is 11.5. The SMILES string of the molecule is CC(C)N(C)C(=O)c1cc(F)ccc1-n1cc(C2CCN(CCN3CCC(N)CC3)CC2)c2c1=CNCC=2. The fourth-order valence-corrected chi connectivity index (χ4v) is 6.01. The molecule has 3 aliphatic rings. The largest absolute Gasteiger partial charge is 0.386 e. The predicted octanol–water partition coefficient (Wildman–Crippen LogP) is 1.82. The number of likely N-dealkylation sites (tertiary alicyclic amines) is 2. The highest BCUT2D eigenvalue weighted by atomic mass is 19.1. The Morgan fingerprint density at radius 3 is 2.42 bits per heavy atom. The highest BCUT2D eigenvalue weighted by molar-refractivity contribution is 5.98. The number of aromatic nitrogens is 1. The van der Waals surface area contributed by atoms with Crippen molar-refractivity contribution >= 4 is 18.2 Å². The van der Waals surface area contributed by atoms with E-state index in [1.807, 2.05) is 20.0 Å². The van der Waals surface area contributed by atoms with E-state index in [-0.39, 0.29) is 11.9 Å². The van der Waals surface area contributed by atoms with Gasteiger partial charge in [-0.3, -0.25) is 4.79 Å². The van der Waals surface area contributed by atoms with E-state index in [0.29, 0.717) is 17.5 Å². The van der Waals surface area contributed by atoms with Crippen LogP contribution in [0.5, 0.6) is 0 Å². The number of halogens is 1. The molecule has 0 unspecified atom stereocenters. The van der Waals surface area contributed by atoms with Crippen LogP contribution in [-0.2, 0) is 0 Å². The molecule has 2 fully saturated rings. The van der Waals surface area contributed by atoms with Crippen LogP contribution in [0.2, 0.25) is 0 Å². The highest BCUT2D eigenvalue weighted by Crippen LogP contribution is 2.27. The number of carbonyl (C=O) groups is 1. The number of fused-ring (bicyclic) bond motifs is 1. The van der Waals surface area contributed by atoms with Crippen LogP contribution in [0.25, 0.3) is 18.0 Å². The third kappa shape index (κ3) is 5.67. The van der Waals surface area contributed by atoms with Crippen LogP contribution < -0.4 is 21.6 Å². The maximum absolute atomic E-state index is 14.3. The molecule has 3 N–H and O–H groups in total. The molecule has 0 saturated carbocycles. The summed E-state index contributed by atoms with van der Waals surface area (Å²) in [5.41, 5.74) is 8.51. The molecule has 5 rings (SSSR count). The zero-order valence-electron chi connectivity index (χ0n) is 23.1. The summed E-state index contributed by atoms with van der Waals surface area (Å²) in [7, 11) is 1.77. The number of nitrogens with two attached hydrogens (primary N) is 1. The number of nitrogens with one attached hydrogen (secondary N) is 1. The van der Waals surface area contributed by atoms with Crippen LogP contribution in [0.3, 0.4) is 0 Å². The molecule has 4 heterocycles. The van der Waals surface area contributed by atoms with E-state index in [9.17, 15) is 9.18 Å². The molecule has 0 atom stereocenters. The van der Waals surface area contributed by atoms with Gasteiger partial charge in [-0.25, -0.2) is 4.39 Å². The van der Waals surface area contributed by atoms with E-state index in [2.05, 4.69) is 32.0 Å². The Kier molecular flexibility index (Phi) is 8.21. The van der Waals surface area contributed by atoms with Gasteiger partial charge in [-0.05, 0) is 95.4 Å². The summed E-state index contributed by atoms with van der Waals surface area (Å²) >= 11 is 0. The van der Waals surface area contributed by atoms with Gasteiger partial charge in [-0.15, -0.1) is 0 Å². The van der Waals surface area contributed by atoms with Crippen molar-refractivity contribution < 1.29 is 9.18 Å². The summed E-state index contributed by atoms with van der Waals surface area (Å²) in [6, 6.07) is 4.95. The standard InChI is InChI=1S/C30H43FN6O/c1-21(2)34(3)30(38)26-18-23(31)4-5-28(26)37-20-27(25-6-11-33-19-29(25)37)22-7-12-35(13-8-22)16-17-36-14-9-24(32)10-15-36/h4-6,18-22,24,33H,7-17,32H2,1-3H3. The summed E-state index contributed by atoms with van der Waals surface area (Å²) in [6.45, 7) is 11.4. The lowest BCUT2D eigenvalue weighted by Gasteiger charge is -2.35. The van der Waals surface area contributed by atoms with Gasteiger partial charge in [0.1, 0.15) is 5.82 Å². The highest BCUT2D eigenvalue weighted by Gasteiger charge is 2.26. The Bertz CT molecular complexity index is 1250. The lowest BCUT2D eigenvalue weighted by atomic mass is 9.90. The van der Waals surface area contributed by atoms with Crippen molar-refractivity contribution in [2.45, 2.75) is 57.5 Å². The van der Waals surface area contributed by atoms with Crippen LogP contribution in [0.15, 0.2) is 24.4 Å². The zero-order chi connectivity index (χ0) is 26.8. The number of amides is 1. The van der Waals surface area contributed by atoms with Crippen molar-refractivity contribution in [1.29, 1.82) is 0 Å². The number of hydrogen-bond donors (Lipinski definition) is 2. The lowest BCUT2D eigenvalue weighted by molar-refractivity contribution is 0.0754. The molecule has 2 aromatic rings. The number of benzene rings is 1. The molecule has 8 heteroatoms. The van der Waals surface area contributed by atoms with E-state index in [0.717, 1.165) is 82.5 Å². The number of rotatable bonds is 7. The van der Waals surface area contributed by atoms with Gasteiger partial charge in [0.25, 0.3) is 5.91 Å². The van der Waals surface area contributed by atoms with Crippen LogP contribution in [-0.4, -0.2) is 90.1 Å². The molecule has 0 radical (unpaired) electrons. The Labute approximate surface area is 225 Å². The van der Waals surface area contributed by atoms with Gasteiger partial charge in [0, 0.05) is 56.4 Å². The minimum absolute atomic E-state index is 0.0204. The summed E-state index contributed by atoms with van der Waals surface area (Å²) < 4.78 is 16.4. The minimum atomic E-state index is -0.399. The van der Waals surface area contributed by atoms with Crippen molar-refractivity contribution in [2.24, 2.45) is 5.73 Å². The van der Waals surface area contributed by atoms with E-state index in [1.165, 1.54) is 22.9 Å². The number of hydrogen-bond acceptors (Lipinski definition) is 5. The Morgan fingerprint density at radius 2 is 1.76 bits per heavy atom. The summed E-state index contributed by atoms with van der Waals surface area (Å²) in [5, 5.41) is 5.61. The molecule has 0 aliphatic carbocycles. The first kappa shape index (κ1) is 26.9. The van der Waals surface area contributed by atoms with Gasteiger partial charge >= 0.3 is 0 Å². The smallest absolute Gasteiger partial charge is 0.256 e. The van der Waals surface area contributed by atoms with Crippen LogP contribution >= 0.6 is 0 Å². The third-order valence-corrected chi connectivity index (χ3v) is 8.71. The number of carbonyl (C=O) groups excluding carboxylic acids is 1. The summed E-state index contributed by atoms with van der Waals surface area (Å²) in [5.74, 6) is -0.103. The summed E-state index contributed by atoms with van der Waals surface area (Å²) in [4.78, 5) is 20.2. The van der Waals surface area contributed by atoms with Gasteiger partial charge in [0.05, 0.1) is 16.6 Å². The van der Waals surface area contributed by atoms with Gasteiger partial charge in [0.15, 0.2) is 0 Å². The average Bonchev–Trinajstić information content (AvgIpc) is 3.31. The maximum Gasteiger partial charge on any atom is 0.256 e. The zero-order valence-corrected chi connectivity index (χ0v) is 23.1. The molecule has 3 aliphatic heterocycles. The Morgan fingerprint density at radius 1 is 1.11 bits per heavy atom. The van der Waals surface area contributed by atoms with Gasteiger partial charge in [-0.1, -0.05) is 6.08 Å². The fraction of sp³-hybridized carbons (Fsp3) is 0.567. The molecule has 7 nitrogen and oxygen atoms in total. The summed E-state index contributed by atoms with van der Waals surface area (Å²) in [6.07, 6.45) is 10.9. The topological polar surface area (TPSA) is 69.8 Å². The van der Waals surface area contributed by atoms with E-state index >= 15 is 0 Å². The third-order valence-electron chi connectivity index (χ3n) is 8.71.